The zero-order valence-corrected chi connectivity index (χ0v) is 11.8. The van der Waals surface area contributed by atoms with Crippen molar-refractivity contribution >= 4 is 38.3 Å². The Morgan fingerprint density at radius 3 is 2.90 bits per heavy atom. The van der Waals surface area contributed by atoms with Gasteiger partial charge in [0, 0.05) is 0 Å². The highest BCUT2D eigenvalue weighted by Crippen LogP contribution is 2.27. The number of benzene rings is 1. The minimum absolute atomic E-state index is 0.193. The van der Waals surface area contributed by atoms with Gasteiger partial charge >= 0.3 is 0 Å². The van der Waals surface area contributed by atoms with Gasteiger partial charge in [0.1, 0.15) is 0 Å². The predicted molar refractivity (Wildman–Crippen MR) is 80.0 cm³/mol. The van der Waals surface area contributed by atoms with Gasteiger partial charge in [-0.3, -0.25) is 15.2 Å². The number of hydrogen-bond acceptors (Lipinski definition) is 5. The van der Waals surface area contributed by atoms with E-state index in [1.165, 1.54) is 11.3 Å². The van der Waals surface area contributed by atoms with E-state index in [4.69, 9.17) is 5.73 Å². The molecule has 0 aliphatic heterocycles. The van der Waals surface area contributed by atoms with Crippen molar-refractivity contribution in [2.45, 2.75) is 13.8 Å². The van der Waals surface area contributed by atoms with Gasteiger partial charge in [-0.05, 0) is 31.5 Å². The molecule has 0 unspecified atom stereocenters. The number of aromatic nitrogens is 3. The van der Waals surface area contributed by atoms with Crippen LogP contribution in [0.3, 0.4) is 0 Å². The van der Waals surface area contributed by atoms with E-state index in [0.717, 1.165) is 15.8 Å². The van der Waals surface area contributed by atoms with Gasteiger partial charge in [0.2, 0.25) is 0 Å². The maximum Gasteiger partial charge on any atom is 0.280 e. The Kier molecular flexibility index (Phi) is 2.90. The van der Waals surface area contributed by atoms with Crippen LogP contribution in [-0.4, -0.2) is 21.1 Å². The molecule has 6 nitrogen and oxygen atoms in total. The third-order valence-corrected chi connectivity index (χ3v) is 3.91. The Labute approximate surface area is 119 Å². The van der Waals surface area contributed by atoms with Crippen LogP contribution in [0.1, 0.15) is 21.7 Å². The van der Waals surface area contributed by atoms with Crippen molar-refractivity contribution in [2.75, 3.05) is 11.1 Å². The summed E-state index contributed by atoms with van der Waals surface area (Å²) in [4.78, 5) is 16.4. The quantitative estimate of drug-likeness (QED) is 0.674. The summed E-state index contributed by atoms with van der Waals surface area (Å²) in [7, 11) is 0. The summed E-state index contributed by atoms with van der Waals surface area (Å²) in [6, 6.07) is 5.96. The SMILES string of the molecule is Cc1ccc2nc(NC(=O)c3n[nH]c(C)c3N)sc2c1. The van der Waals surface area contributed by atoms with E-state index >= 15 is 0 Å². The van der Waals surface area contributed by atoms with Gasteiger partial charge in [0.25, 0.3) is 5.91 Å². The molecule has 0 aliphatic carbocycles. The Balaban J connectivity index is 1.89. The summed E-state index contributed by atoms with van der Waals surface area (Å²) < 4.78 is 1.03. The Bertz CT molecular complexity index is 804. The van der Waals surface area contributed by atoms with Crippen LogP contribution in [-0.2, 0) is 0 Å². The first-order valence-electron chi connectivity index (χ1n) is 6.03. The van der Waals surface area contributed by atoms with Crippen LogP contribution in [0, 0.1) is 13.8 Å². The largest absolute Gasteiger partial charge is 0.395 e. The number of carbonyl (C=O) groups excluding carboxylic acids is 1. The van der Waals surface area contributed by atoms with Crippen LogP contribution >= 0.6 is 11.3 Å². The molecule has 0 saturated carbocycles. The monoisotopic (exact) mass is 287 g/mol. The van der Waals surface area contributed by atoms with Crippen LogP contribution in [0.2, 0.25) is 0 Å². The molecule has 1 amide bonds. The minimum atomic E-state index is -0.359. The van der Waals surface area contributed by atoms with Crippen LogP contribution < -0.4 is 11.1 Å². The molecule has 1 aromatic carbocycles. The van der Waals surface area contributed by atoms with Gasteiger partial charge < -0.3 is 5.73 Å². The number of thiazole rings is 1. The molecule has 0 saturated heterocycles. The van der Waals surface area contributed by atoms with Gasteiger partial charge in [-0.1, -0.05) is 17.4 Å². The number of nitrogen functional groups attached to an aromatic ring is 1. The number of aryl methyl sites for hydroxylation is 2. The van der Waals surface area contributed by atoms with Crippen molar-refractivity contribution in [3.63, 3.8) is 0 Å². The van der Waals surface area contributed by atoms with Crippen LogP contribution in [0.4, 0.5) is 10.8 Å². The van der Waals surface area contributed by atoms with Gasteiger partial charge in [-0.25, -0.2) is 4.98 Å². The van der Waals surface area contributed by atoms with Crippen molar-refractivity contribution in [2.24, 2.45) is 0 Å². The highest BCUT2D eigenvalue weighted by atomic mass is 32.1. The molecule has 0 aliphatic rings. The summed E-state index contributed by atoms with van der Waals surface area (Å²) in [6.45, 7) is 3.78. The van der Waals surface area contributed by atoms with Crippen molar-refractivity contribution in [3.8, 4) is 0 Å². The second kappa shape index (κ2) is 4.61. The summed E-state index contributed by atoms with van der Waals surface area (Å²) in [6.07, 6.45) is 0. The van der Waals surface area contributed by atoms with Gasteiger partial charge in [-0.15, -0.1) is 0 Å². The molecule has 0 bridgehead atoms. The second-order valence-electron chi connectivity index (χ2n) is 4.56. The second-order valence-corrected chi connectivity index (χ2v) is 5.59. The molecule has 2 aromatic heterocycles. The van der Waals surface area contributed by atoms with Crippen molar-refractivity contribution in [1.82, 2.24) is 15.2 Å². The number of nitrogens with one attached hydrogen (secondary N) is 2. The summed E-state index contributed by atoms with van der Waals surface area (Å²) >= 11 is 1.43. The molecule has 0 atom stereocenters. The van der Waals surface area contributed by atoms with E-state index < -0.39 is 0 Å². The third-order valence-electron chi connectivity index (χ3n) is 2.97. The van der Waals surface area contributed by atoms with Gasteiger partial charge in [0.05, 0.1) is 21.6 Å². The maximum absolute atomic E-state index is 12.1. The Morgan fingerprint density at radius 2 is 2.20 bits per heavy atom. The smallest absolute Gasteiger partial charge is 0.280 e. The zero-order chi connectivity index (χ0) is 14.3. The Hall–Kier alpha value is -2.41. The fourth-order valence-corrected chi connectivity index (χ4v) is 2.81. The first-order valence-corrected chi connectivity index (χ1v) is 6.85. The van der Waals surface area contributed by atoms with E-state index in [2.05, 4.69) is 20.5 Å². The highest BCUT2D eigenvalue weighted by molar-refractivity contribution is 7.22. The van der Waals surface area contributed by atoms with E-state index in [9.17, 15) is 4.79 Å². The van der Waals surface area contributed by atoms with Crippen molar-refractivity contribution in [1.29, 1.82) is 0 Å². The number of H-pyrrole nitrogens is 1. The molecule has 2 heterocycles. The number of hydrogen-bond donors (Lipinski definition) is 3. The molecule has 3 aromatic rings. The predicted octanol–water partition coefficient (Wildman–Crippen LogP) is 2.47. The normalized spacial score (nSPS) is 10.9. The lowest BCUT2D eigenvalue weighted by molar-refractivity contribution is 0.102. The summed E-state index contributed by atoms with van der Waals surface area (Å²) in [5.74, 6) is -0.359. The first kappa shape index (κ1) is 12.6. The molecule has 3 rings (SSSR count). The summed E-state index contributed by atoms with van der Waals surface area (Å²) in [5.41, 5.74) is 9.03. The lowest BCUT2D eigenvalue weighted by Crippen LogP contribution is -2.14. The number of anilines is 2. The highest BCUT2D eigenvalue weighted by Gasteiger charge is 2.17. The molecule has 4 N–H and O–H groups in total. The van der Waals surface area contributed by atoms with E-state index in [-0.39, 0.29) is 11.6 Å². The number of nitrogens with two attached hydrogens (primary N) is 1. The fraction of sp³-hybridized carbons (Fsp3) is 0.154. The number of amides is 1. The maximum atomic E-state index is 12.1. The van der Waals surface area contributed by atoms with Crippen LogP contribution in [0.5, 0.6) is 0 Å². The summed E-state index contributed by atoms with van der Waals surface area (Å²) in [5, 5.41) is 9.84. The zero-order valence-electron chi connectivity index (χ0n) is 11.0. The van der Waals surface area contributed by atoms with Crippen LogP contribution in [0.25, 0.3) is 10.2 Å². The average Bonchev–Trinajstić information content (AvgIpc) is 2.93. The van der Waals surface area contributed by atoms with Crippen LogP contribution in [0.15, 0.2) is 18.2 Å². The number of carbonyl (C=O) groups is 1. The van der Waals surface area contributed by atoms with E-state index in [0.29, 0.717) is 16.5 Å². The van der Waals surface area contributed by atoms with Gasteiger partial charge in [0.15, 0.2) is 10.8 Å². The van der Waals surface area contributed by atoms with E-state index in [1.54, 1.807) is 6.92 Å². The molecule has 102 valence electrons. The molecule has 7 heteroatoms. The molecule has 0 radical (unpaired) electrons. The standard InChI is InChI=1S/C13H13N5OS/c1-6-3-4-8-9(5-6)20-13(15-8)16-12(19)11-10(14)7(2)17-18-11/h3-5H,14H2,1-2H3,(H,17,18)(H,15,16,19). The lowest BCUT2D eigenvalue weighted by Gasteiger charge is -1.98. The topological polar surface area (TPSA) is 96.7 Å². The molecule has 0 fully saturated rings. The third kappa shape index (κ3) is 2.12. The minimum Gasteiger partial charge on any atom is -0.395 e. The Morgan fingerprint density at radius 1 is 1.40 bits per heavy atom. The number of rotatable bonds is 2. The molecule has 0 spiro atoms. The van der Waals surface area contributed by atoms with Crippen molar-refractivity contribution in [3.05, 3.63) is 35.2 Å². The number of nitrogens with zero attached hydrogens (tertiary/aromatic N) is 2. The first-order chi connectivity index (χ1) is 9.54. The van der Waals surface area contributed by atoms with Gasteiger partial charge in [-0.2, -0.15) is 5.10 Å². The molecular weight excluding hydrogens is 274 g/mol. The molecular formula is C13H13N5OS. The molecule has 20 heavy (non-hydrogen) atoms. The number of aromatic amines is 1. The number of fused-ring (bicyclic) bond motifs is 1. The van der Waals surface area contributed by atoms with Crippen molar-refractivity contribution < 1.29 is 4.79 Å². The lowest BCUT2D eigenvalue weighted by atomic mass is 10.2. The fourth-order valence-electron chi connectivity index (χ4n) is 1.85. The average molecular weight is 287 g/mol. The van der Waals surface area contributed by atoms with E-state index in [1.807, 2.05) is 25.1 Å².